The number of halogens is 2. The van der Waals surface area contributed by atoms with Crippen LogP contribution in [0.3, 0.4) is 0 Å². The Kier molecular flexibility index (Phi) is 3.64. The lowest BCUT2D eigenvalue weighted by Crippen LogP contribution is -1.97. The molecule has 0 heterocycles. The van der Waals surface area contributed by atoms with E-state index < -0.39 is 0 Å². The fraction of sp³-hybridized carbons (Fsp3) is 0.0769. The van der Waals surface area contributed by atoms with Crippen LogP contribution in [0, 0.1) is 0 Å². The Morgan fingerprint density at radius 3 is 2.50 bits per heavy atom. The summed E-state index contributed by atoms with van der Waals surface area (Å²) in [6, 6.07) is 14.1. The molecule has 1 nitrogen and oxygen atoms in total. The number of hydrogen-bond donors (Lipinski definition) is 1. The van der Waals surface area contributed by atoms with Gasteiger partial charge in [0.15, 0.2) is 0 Å². The van der Waals surface area contributed by atoms with Crippen LogP contribution >= 0.6 is 27.5 Å². The molecular formula is C13H11BrClN. The molecule has 0 aromatic heterocycles. The van der Waals surface area contributed by atoms with E-state index >= 15 is 0 Å². The fourth-order valence-corrected chi connectivity index (χ4v) is 2.17. The van der Waals surface area contributed by atoms with E-state index in [0.717, 1.165) is 26.2 Å². The van der Waals surface area contributed by atoms with E-state index in [1.165, 1.54) is 0 Å². The molecule has 2 aromatic carbocycles. The molecule has 0 saturated heterocycles. The van der Waals surface area contributed by atoms with Crippen LogP contribution in [0.5, 0.6) is 0 Å². The van der Waals surface area contributed by atoms with Crippen LogP contribution in [0.15, 0.2) is 46.9 Å². The summed E-state index contributed by atoms with van der Waals surface area (Å²) < 4.78 is 1.06. The molecule has 82 valence electrons. The van der Waals surface area contributed by atoms with Crippen LogP contribution in [0.2, 0.25) is 5.02 Å². The van der Waals surface area contributed by atoms with Gasteiger partial charge in [0, 0.05) is 16.0 Å². The lowest BCUT2D eigenvalue weighted by atomic mass is 10.0. The predicted molar refractivity (Wildman–Crippen MR) is 72.5 cm³/mol. The normalized spacial score (nSPS) is 10.4. The van der Waals surface area contributed by atoms with Crippen molar-refractivity contribution in [2.45, 2.75) is 6.54 Å². The summed E-state index contributed by atoms with van der Waals surface area (Å²) >= 11 is 9.48. The maximum Gasteiger partial charge on any atom is 0.0451 e. The van der Waals surface area contributed by atoms with Crippen molar-refractivity contribution in [2.24, 2.45) is 5.73 Å². The highest BCUT2D eigenvalue weighted by molar-refractivity contribution is 9.10. The van der Waals surface area contributed by atoms with Crippen LogP contribution in [0.4, 0.5) is 0 Å². The molecule has 0 atom stereocenters. The van der Waals surface area contributed by atoms with Gasteiger partial charge in [0.25, 0.3) is 0 Å². The molecule has 0 fully saturated rings. The molecule has 0 bridgehead atoms. The summed E-state index contributed by atoms with van der Waals surface area (Å²) in [5.74, 6) is 0. The highest BCUT2D eigenvalue weighted by Crippen LogP contribution is 2.26. The maximum absolute atomic E-state index is 6.03. The van der Waals surface area contributed by atoms with E-state index in [2.05, 4.69) is 28.1 Å². The van der Waals surface area contributed by atoms with Crippen LogP contribution < -0.4 is 5.73 Å². The Morgan fingerprint density at radius 2 is 1.81 bits per heavy atom. The molecular weight excluding hydrogens is 286 g/mol. The molecule has 0 amide bonds. The minimum Gasteiger partial charge on any atom is -0.326 e. The van der Waals surface area contributed by atoms with Gasteiger partial charge in [0.2, 0.25) is 0 Å². The number of hydrogen-bond acceptors (Lipinski definition) is 1. The van der Waals surface area contributed by atoms with Gasteiger partial charge in [0.05, 0.1) is 0 Å². The molecule has 3 heteroatoms. The van der Waals surface area contributed by atoms with Crippen molar-refractivity contribution < 1.29 is 0 Å². The Bertz CT molecular complexity index is 511. The highest BCUT2D eigenvalue weighted by Gasteiger charge is 2.02. The van der Waals surface area contributed by atoms with E-state index in [-0.39, 0.29) is 0 Å². The van der Waals surface area contributed by atoms with Crippen LogP contribution in [0.25, 0.3) is 11.1 Å². The molecule has 16 heavy (non-hydrogen) atoms. The van der Waals surface area contributed by atoms with Crippen LogP contribution in [0.1, 0.15) is 5.56 Å². The zero-order valence-corrected chi connectivity index (χ0v) is 10.9. The third kappa shape index (κ3) is 2.46. The topological polar surface area (TPSA) is 26.0 Å². The van der Waals surface area contributed by atoms with E-state index in [1.54, 1.807) is 0 Å². The lowest BCUT2D eigenvalue weighted by molar-refractivity contribution is 1.07. The molecule has 0 aliphatic rings. The zero-order chi connectivity index (χ0) is 11.5. The summed E-state index contributed by atoms with van der Waals surface area (Å²) in [7, 11) is 0. The SMILES string of the molecule is NCc1cc(-c2cccc(Br)c2)ccc1Cl. The predicted octanol–water partition coefficient (Wildman–Crippen LogP) is 4.23. The third-order valence-corrected chi connectivity index (χ3v) is 3.29. The summed E-state index contributed by atoms with van der Waals surface area (Å²) in [5.41, 5.74) is 8.89. The summed E-state index contributed by atoms with van der Waals surface area (Å²) in [6.45, 7) is 0.459. The van der Waals surface area contributed by atoms with Crippen molar-refractivity contribution >= 4 is 27.5 Å². The monoisotopic (exact) mass is 295 g/mol. The Balaban J connectivity index is 2.48. The Labute approximate surface area is 108 Å². The van der Waals surface area contributed by atoms with Gasteiger partial charge >= 0.3 is 0 Å². The smallest absolute Gasteiger partial charge is 0.0451 e. The number of nitrogens with two attached hydrogens (primary N) is 1. The fourth-order valence-electron chi connectivity index (χ4n) is 1.58. The van der Waals surface area contributed by atoms with Crippen LogP contribution in [-0.4, -0.2) is 0 Å². The zero-order valence-electron chi connectivity index (χ0n) is 8.58. The van der Waals surface area contributed by atoms with Crippen molar-refractivity contribution in [1.29, 1.82) is 0 Å². The van der Waals surface area contributed by atoms with Crippen LogP contribution in [-0.2, 0) is 6.54 Å². The standard InChI is InChI=1S/C13H11BrClN/c14-12-3-1-2-9(7-12)10-4-5-13(15)11(6-10)8-16/h1-7H,8,16H2. The minimum atomic E-state index is 0.459. The first-order valence-corrected chi connectivity index (χ1v) is 6.12. The second-order valence-electron chi connectivity index (χ2n) is 3.52. The van der Waals surface area contributed by atoms with E-state index in [9.17, 15) is 0 Å². The molecule has 2 aromatic rings. The average Bonchev–Trinajstić information content (AvgIpc) is 2.29. The van der Waals surface area contributed by atoms with Gasteiger partial charge in [-0.05, 0) is 41.0 Å². The summed E-state index contributed by atoms with van der Waals surface area (Å²) in [6.07, 6.45) is 0. The van der Waals surface area contributed by atoms with Gasteiger partial charge < -0.3 is 5.73 Å². The first kappa shape index (κ1) is 11.6. The molecule has 2 N–H and O–H groups in total. The Hall–Kier alpha value is -0.830. The van der Waals surface area contributed by atoms with Gasteiger partial charge in [0.1, 0.15) is 0 Å². The molecule has 0 aliphatic carbocycles. The number of benzene rings is 2. The molecule has 0 spiro atoms. The van der Waals surface area contributed by atoms with E-state index in [4.69, 9.17) is 17.3 Å². The average molecular weight is 297 g/mol. The highest BCUT2D eigenvalue weighted by atomic mass is 79.9. The summed E-state index contributed by atoms with van der Waals surface area (Å²) in [5, 5.41) is 0.723. The second kappa shape index (κ2) is 5.00. The maximum atomic E-state index is 6.03. The van der Waals surface area contributed by atoms with Gasteiger partial charge in [-0.15, -0.1) is 0 Å². The van der Waals surface area contributed by atoms with Gasteiger partial charge in [-0.2, -0.15) is 0 Å². The van der Waals surface area contributed by atoms with E-state index in [1.807, 2.05) is 30.3 Å². The first-order chi connectivity index (χ1) is 7.70. The van der Waals surface area contributed by atoms with Crippen molar-refractivity contribution in [3.05, 3.63) is 57.5 Å². The molecule has 0 aliphatic heterocycles. The van der Waals surface area contributed by atoms with Gasteiger partial charge in [-0.3, -0.25) is 0 Å². The second-order valence-corrected chi connectivity index (χ2v) is 4.84. The van der Waals surface area contributed by atoms with Gasteiger partial charge in [-0.25, -0.2) is 0 Å². The molecule has 2 rings (SSSR count). The van der Waals surface area contributed by atoms with Crippen molar-refractivity contribution in [2.75, 3.05) is 0 Å². The largest absolute Gasteiger partial charge is 0.326 e. The number of rotatable bonds is 2. The molecule has 0 radical (unpaired) electrons. The van der Waals surface area contributed by atoms with E-state index in [0.29, 0.717) is 6.54 Å². The van der Waals surface area contributed by atoms with Gasteiger partial charge in [-0.1, -0.05) is 45.7 Å². The molecule has 0 unspecified atom stereocenters. The Morgan fingerprint density at radius 1 is 1.06 bits per heavy atom. The van der Waals surface area contributed by atoms with Crippen molar-refractivity contribution in [3.8, 4) is 11.1 Å². The minimum absolute atomic E-state index is 0.459. The lowest BCUT2D eigenvalue weighted by Gasteiger charge is -2.06. The molecule has 0 saturated carbocycles. The third-order valence-electron chi connectivity index (χ3n) is 2.42. The van der Waals surface area contributed by atoms with Crippen molar-refractivity contribution in [1.82, 2.24) is 0 Å². The van der Waals surface area contributed by atoms with Crippen molar-refractivity contribution in [3.63, 3.8) is 0 Å². The first-order valence-electron chi connectivity index (χ1n) is 4.95. The summed E-state index contributed by atoms with van der Waals surface area (Å²) in [4.78, 5) is 0. The quantitative estimate of drug-likeness (QED) is 0.882.